The highest BCUT2D eigenvalue weighted by Gasteiger charge is 2.23. The Morgan fingerprint density at radius 1 is 0.373 bits per heavy atom. The van der Waals surface area contributed by atoms with Crippen LogP contribution in [0.3, 0.4) is 0 Å². The number of allylic oxidation sites excluding steroid dienone is 3. The molecule has 0 N–H and O–H groups in total. The van der Waals surface area contributed by atoms with Gasteiger partial charge in [-0.25, -0.2) is 0 Å². The second kappa shape index (κ2) is 11.1. The third kappa shape index (κ3) is 4.33. The average Bonchev–Trinajstić information content (AvgIpc) is 3.45. The van der Waals surface area contributed by atoms with Crippen molar-refractivity contribution in [3.05, 3.63) is 186 Å². The van der Waals surface area contributed by atoms with Crippen LogP contribution in [0, 0.1) is 0 Å². The number of fused-ring (bicyclic) bond motifs is 11. The average molecular weight is 647 g/mol. The fourth-order valence-corrected chi connectivity index (χ4v) is 9.25. The van der Waals surface area contributed by atoms with Crippen molar-refractivity contribution in [3.8, 4) is 33.4 Å². The van der Waals surface area contributed by atoms with Gasteiger partial charge >= 0.3 is 0 Å². The fourth-order valence-electron chi connectivity index (χ4n) is 9.25. The first kappa shape index (κ1) is 28.6. The van der Waals surface area contributed by atoms with Crippen molar-refractivity contribution in [1.29, 1.82) is 0 Å². The molecule has 0 spiro atoms. The Morgan fingerprint density at radius 3 is 1.88 bits per heavy atom. The normalized spacial score (nSPS) is 13.5. The molecule has 9 aromatic carbocycles. The number of benzene rings is 9. The number of hydrogen-bond donors (Lipinski definition) is 0. The van der Waals surface area contributed by atoms with Gasteiger partial charge in [0.05, 0.1) is 0 Å². The molecular weight excluding hydrogens is 613 g/mol. The highest BCUT2D eigenvalue weighted by Crippen LogP contribution is 2.47. The van der Waals surface area contributed by atoms with E-state index < -0.39 is 0 Å². The monoisotopic (exact) mass is 646 g/mol. The second-order valence-electron chi connectivity index (χ2n) is 14.3. The molecule has 0 saturated heterocycles. The molecule has 0 unspecified atom stereocenters. The van der Waals surface area contributed by atoms with Gasteiger partial charge in [-0.05, 0) is 141 Å². The zero-order valence-corrected chi connectivity index (χ0v) is 28.3. The molecule has 9 aromatic rings. The molecule has 51 heavy (non-hydrogen) atoms. The summed E-state index contributed by atoms with van der Waals surface area (Å²) in [6.07, 6.45) is 12.1. The molecule has 0 bridgehead atoms. The molecule has 0 nitrogen and oxygen atoms in total. The molecule has 0 atom stereocenters. The first-order chi connectivity index (χ1) is 25.3. The molecule has 0 heterocycles. The van der Waals surface area contributed by atoms with Gasteiger partial charge in [0.25, 0.3) is 0 Å². The molecule has 0 aliphatic heterocycles. The van der Waals surface area contributed by atoms with E-state index in [1.54, 1.807) is 0 Å². The summed E-state index contributed by atoms with van der Waals surface area (Å²) in [5.41, 5.74) is 13.8. The topological polar surface area (TPSA) is 0 Å². The Morgan fingerprint density at radius 2 is 1.08 bits per heavy atom. The predicted molar refractivity (Wildman–Crippen MR) is 220 cm³/mol. The van der Waals surface area contributed by atoms with E-state index in [1.807, 2.05) is 0 Å². The fraction of sp³-hybridized carbons (Fsp3) is 0.0588. The molecule has 2 aliphatic carbocycles. The molecule has 2 aliphatic rings. The van der Waals surface area contributed by atoms with E-state index in [-0.39, 0.29) is 0 Å². The van der Waals surface area contributed by atoms with Crippen LogP contribution >= 0.6 is 0 Å². The van der Waals surface area contributed by atoms with Crippen molar-refractivity contribution in [2.45, 2.75) is 19.3 Å². The Labute approximate surface area is 297 Å². The van der Waals surface area contributed by atoms with Crippen LogP contribution in [-0.4, -0.2) is 0 Å². The molecule has 11 rings (SSSR count). The highest BCUT2D eigenvalue weighted by molar-refractivity contribution is 6.25. The quantitative estimate of drug-likeness (QED) is 0.129. The number of rotatable bonds is 2. The van der Waals surface area contributed by atoms with Crippen LogP contribution in [0.2, 0.25) is 0 Å². The first-order valence-electron chi connectivity index (χ1n) is 18.2. The molecule has 0 fully saturated rings. The lowest BCUT2D eigenvalue weighted by Gasteiger charge is -2.25. The van der Waals surface area contributed by atoms with Crippen molar-refractivity contribution < 1.29 is 0 Å². The largest absolute Gasteiger partial charge is 0.0801 e. The third-order valence-electron chi connectivity index (χ3n) is 11.6. The second-order valence-corrected chi connectivity index (χ2v) is 14.3. The molecule has 0 aromatic heterocycles. The van der Waals surface area contributed by atoms with Crippen LogP contribution in [0.15, 0.2) is 164 Å². The van der Waals surface area contributed by atoms with E-state index in [4.69, 9.17) is 0 Å². The summed E-state index contributed by atoms with van der Waals surface area (Å²) in [5, 5.41) is 12.9. The summed E-state index contributed by atoms with van der Waals surface area (Å²) in [7, 11) is 0. The van der Waals surface area contributed by atoms with Crippen LogP contribution in [0.25, 0.3) is 93.3 Å². The zero-order chi connectivity index (χ0) is 33.5. The smallest absolute Gasteiger partial charge is 0.00201 e. The lowest BCUT2D eigenvalue weighted by Crippen LogP contribution is -2.07. The Hall–Kier alpha value is -6.24. The van der Waals surface area contributed by atoms with Crippen molar-refractivity contribution in [2.75, 3.05) is 0 Å². The van der Waals surface area contributed by atoms with Gasteiger partial charge in [0.1, 0.15) is 0 Å². The van der Waals surface area contributed by atoms with E-state index in [1.165, 1.54) is 109 Å². The molecule has 0 radical (unpaired) electrons. The summed E-state index contributed by atoms with van der Waals surface area (Å²) in [6.45, 7) is 0. The number of aryl methyl sites for hydroxylation is 1. The van der Waals surface area contributed by atoms with Crippen LogP contribution in [-0.2, 0) is 19.3 Å². The maximum atomic E-state index is 2.49. The lowest BCUT2D eigenvalue weighted by atomic mass is 9.79. The Balaban J connectivity index is 1.13. The summed E-state index contributed by atoms with van der Waals surface area (Å²) in [5.74, 6) is 0. The molecule has 0 heteroatoms. The van der Waals surface area contributed by atoms with E-state index in [9.17, 15) is 0 Å². The van der Waals surface area contributed by atoms with Crippen LogP contribution in [0.5, 0.6) is 0 Å². The van der Waals surface area contributed by atoms with Gasteiger partial charge in [0.15, 0.2) is 0 Å². The van der Waals surface area contributed by atoms with Gasteiger partial charge in [0, 0.05) is 0 Å². The minimum atomic E-state index is 1.00. The molecule has 0 saturated carbocycles. The van der Waals surface area contributed by atoms with Gasteiger partial charge in [0.2, 0.25) is 0 Å². The van der Waals surface area contributed by atoms with Crippen LogP contribution in [0.1, 0.15) is 22.3 Å². The van der Waals surface area contributed by atoms with E-state index in [0.29, 0.717) is 0 Å². The van der Waals surface area contributed by atoms with Crippen LogP contribution < -0.4 is 0 Å². The summed E-state index contributed by atoms with van der Waals surface area (Å²) in [4.78, 5) is 0. The van der Waals surface area contributed by atoms with Crippen molar-refractivity contribution in [1.82, 2.24) is 0 Å². The Kier molecular flexibility index (Phi) is 6.24. The summed E-state index contributed by atoms with van der Waals surface area (Å²) >= 11 is 0. The van der Waals surface area contributed by atoms with E-state index in [2.05, 4.69) is 170 Å². The minimum Gasteiger partial charge on any atom is -0.0801 e. The van der Waals surface area contributed by atoms with Gasteiger partial charge in [-0.2, -0.15) is 0 Å². The zero-order valence-electron chi connectivity index (χ0n) is 28.3. The summed E-state index contributed by atoms with van der Waals surface area (Å²) < 4.78 is 0. The van der Waals surface area contributed by atoms with Gasteiger partial charge in [-0.1, -0.05) is 158 Å². The standard InChI is InChI=1S/C51H34/c1-2-11-32-21-26-42-39-25-24-37(30-35(39)22-27-41(42)38(32)14-3-1)50-45-15-6-8-17-47(45)51(48-18-9-7-16-46(48)50)44-20-10-19-40-43(44)28-23-36-29-33-12-4-5-13-34(33)31-49(36)40/h1-10,12-21,23-26,28-31H,11,22,27H2. The molecule has 0 amide bonds. The van der Waals surface area contributed by atoms with Gasteiger partial charge in [-0.3, -0.25) is 0 Å². The lowest BCUT2D eigenvalue weighted by molar-refractivity contribution is 0.935. The van der Waals surface area contributed by atoms with E-state index >= 15 is 0 Å². The third-order valence-corrected chi connectivity index (χ3v) is 11.6. The Bertz CT molecular complexity index is 2930. The minimum absolute atomic E-state index is 1.00. The van der Waals surface area contributed by atoms with E-state index in [0.717, 1.165) is 19.3 Å². The summed E-state index contributed by atoms with van der Waals surface area (Å²) in [6, 6.07) is 55.0. The highest BCUT2D eigenvalue weighted by atomic mass is 14.3. The number of hydrogen-bond acceptors (Lipinski definition) is 0. The van der Waals surface area contributed by atoms with Gasteiger partial charge in [-0.15, -0.1) is 0 Å². The maximum Gasteiger partial charge on any atom is -0.00201 e. The van der Waals surface area contributed by atoms with Crippen molar-refractivity contribution in [3.63, 3.8) is 0 Å². The molecule has 238 valence electrons. The van der Waals surface area contributed by atoms with Crippen LogP contribution in [0.4, 0.5) is 0 Å². The van der Waals surface area contributed by atoms with Gasteiger partial charge < -0.3 is 0 Å². The molecular formula is C51H34. The first-order valence-corrected chi connectivity index (χ1v) is 18.2. The SMILES string of the molecule is C1=CCc2ccc3c(c2C=C1)CCc1cc(-c2c4ccccc4c(-c4cccc5c4ccc4cc6ccccc6cc45)c4ccccc24)ccc1-3. The van der Waals surface area contributed by atoms with Crippen molar-refractivity contribution >= 4 is 59.9 Å². The maximum absolute atomic E-state index is 2.49. The van der Waals surface area contributed by atoms with Crippen molar-refractivity contribution in [2.24, 2.45) is 0 Å². The predicted octanol–water partition coefficient (Wildman–Crippen LogP) is 13.7.